The summed E-state index contributed by atoms with van der Waals surface area (Å²) in [5.74, 6) is 0.477. The SMILES string of the molecule is CCOc1ccc([C@@H](O)CCC(=O)N/N=C\c2cc(C)n(-c3cc(Cl)cc(Cl)c3)c2C)cc1. The lowest BCUT2D eigenvalue weighted by Crippen LogP contribution is -2.18. The quantitative estimate of drug-likeness (QED) is 0.297. The molecule has 1 amide bonds. The number of aryl methyl sites for hydroxylation is 1. The lowest BCUT2D eigenvalue weighted by Gasteiger charge is -2.11. The van der Waals surface area contributed by atoms with E-state index in [-0.39, 0.29) is 12.3 Å². The van der Waals surface area contributed by atoms with E-state index in [4.69, 9.17) is 27.9 Å². The Kier molecular flexibility index (Phi) is 8.55. The summed E-state index contributed by atoms with van der Waals surface area (Å²) in [6.07, 6.45) is 1.30. The third kappa shape index (κ3) is 6.60. The average Bonchev–Trinajstić information content (AvgIpc) is 3.05. The van der Waals surface area contributed by atoms with Crippen LogP contribution < -0.4 is 10.2 Å². The number of carbonyl (C=O) groups is 1. The molecule has 1 aromatic heterocycles. The van der Waals surface area contributed by atoms with Crippen LogP contribution >= 0.6 is 23.2 Å². The number of ether oxygens (including phenoxy) is 1. The predicted octanol–water partition coefficient (Wildman–Crippen LogP) is 5.76. The van der Waals surface area contributed by atoms with Crippen molar-refractivity contribution in [2.24, 2.45) is 5.10 Å². The lowest BCUT2D eigenvalue weighted by molar-refractivity contribution is -0.121. The summed E-state index contributed by atoms with van der Waals surface area (Å²) < 4.78 is 7.42. The van der Waals surface area contributed by atoms with Crippen molar-refractivity contribution in [3.8, 4) is 11.4 Å². The number of hydrogen-bond donors (Lipinski definition) is 2. The largest absolute Gasteiger partial charge is 0.494 e. The first-order valence-electron chi connectivity index (χ1n) is 10.7. The number of rotatable bonds is 9. The highest BCUT2D eigenvalue weighted by atomic mass is 35.5. The molecule has 0 saturated carbocycles. The number of aliphatic hydroxyl groups excluding tert-OH is 1. The maximum absolute atomic E-state index is 12.2. The second kappa shape index (κ2) is 11.4. The highest BCUT2D eigenvalue weighted by Crippen LogP contribution is 2.26. The Morgan fingerprint density at radius 1 is 1.15 bits per heavy atom. The van der Waals surface area contributed by atoms with Crippen LogP contribution in [0.2, 0.25) is 10.0 Å². The molecule has 6 nitrogen and oxygen atoms in total. The van der Waals surface area contributed by atoms with E-state index in [1.54, 1.807) is 36.5 Å². The number of aromatic nitrogens is 1. The second-order valence-corrected chi connectivity index (χ2v) is 8.51. The number of hydrogen-bond acceptors (Lipinski definition) is 4. The molecule has 3 aromatic rings. The fourth-order valence-corrected chi connectivity index (χ4v) is 4.12. The first kappa shape index (κ1) is 24.8. The van der Waals surface area contributed by atoms with Gasteiger partial charge in [0.2, 0.25) is 5.91 Å². The van der Waals surface area contributed by atoms with Gasteiger partial charge in [-0.2, -0.15) is 5.10 Å². The van der Waals surface area contributed by atoms with Gasteiger partial charge >= 0.3 is 0 Å². The second-order valence-electron chi connectivity index (χ2n) is 7.64. The van der Waals surface area contributed by atoms with Crippen LogP contribution in [-0.2, 0) is 4.79 Å². The fraction of sp³-hybridized carbons (Fsp3) is 0.280. The van der Waals surface area contributed by atoms with Gasteiger partial charge in [0.25, 0.3) is 0 Å². The van der Waals surface area contributed by atoms with Crippen molar-refractivity contribution in [1.29, 1.82) is 0 Å². The van der Waals surface area contributed by atoms with Crippen molar-refractivity contribution >= 4 is 35.3 Å². The number of aliphatic hydroxyl groups is 1. The molecular formula is C25H27Cl2N3O3. The molecule has 0 bridgehead atoms. The van der Waals surface area contributed by atoms with Gasteiger partial charge in [0.1, 0.15) is 5.75 Å². The molecule has 8 heteroatoms. The fourth-order valence-electron chi connectivity index (χ4n) is 3.60. The molecule has 0 spiro atoms. The van der Waals surface area contributed by atoms with E-state index in [0.717, 1.165) is 34.0 Å². The monoisotopic (exact) mass is 487 g/mol. The van der Waals surface area contributed by atoms with E-state index >= 15 is 0 Å². The van der Waals surface area contributed by atoms with Gasteiger partial charge in [-0.3, -0.25) is 4.79 Å². The zero-order valence-electron chi connectivity index (χ0n) is 18.8. The van der Waals surface area contributed by atoms with Crippen LogP contribution in [0.1, 0.15) is 48.4 Å². The van der Waals surface area contributed by atoms with E-state index in [1.165, 1.54) is 0 Å². The first-order valence-corrected chi connectivity index (χ1v) is 11.4. The Balaban J connectivity index is 1.57. The molecule has 2 aromatic carbocycles. The summed E-state index contributed by atoms with van der Waals surface area (Å²) in [4.78, 5) is 12.2. The van der Waals surface area contributed by atoms with Crippen LogP contribution in [0.3, 0.4) is 0 Å². The molecule has 2 N–H and O–H groups in total. The minimum atomic E-state index is -0.737. The van der Waals surface area contributed by atoms with Gasteiger partial charge in [0.05, 0.1) is 18.9 Å². The van der Waals surface area contributed by atoms with Gasteiger partial charge in [-0.15, -0.1) is 0 Å². The normalized spacial score (nSPS) is 12.2. The Morgan fingerprint density at radius 2 is 1.82 bits per heavy atom. The molecule has 174 valence electrons. The van der Waals surface area contributed by atoms with Crippen molar-refractivity contribution in [2.75, 3.05) is 6.61 Å². The molecular weight excluding hydrogens is 461 g/mol. The van der Waals surface area contributed by atoms with E-state index in [1.807, 2.05) is 43.5 Å². The number of hydrazone groups is 1. The molecule has 0 unspecified atom stereocenters. The number of benzene rings is 2. The topological polar surface area (TPSA) is 75.8 Å². The summed E-state index contributed by atoms with van der Waals surface area (Å²) >= 11 is 12.3. The van der Waals surface area contributed by atoms with Gasteiger partial charge < -0.3 is 14.4 Å². The maximum atomic E-state index is 12.2. The third-order valence-electron chi connectivity index (χ3n) is 5.19. The third-order valence-corrected chi connectivity index (χ3v) is 5.63. The lowest BCUT2D eigenvalue weighted by atomic mass is 10.0. The molecule has 33 heavy (non-hydrogen) atoms. The number of nitrogens with one attached hydrogen (secondary N) is 1. The minimum Gasteiger partial charge on any atom is -0.494 e. The summed E-state index contributed by atoms with van der Waals surface area (Å²) in [7, 11) is 0. The Bertz CT molecular complexity index is 1120. The van der Waals surface area contributed by atoms with Crippen LogP contribution in [0.15, 0.2) is 53.6 Å². The summed E-state index contributed by atoms with van der Waals surface area (Å²) in [6, 6.07) is 14.5. The zero-order valence-corrected chi connectivity index (χ0v) is 20.3. The molecule has 0 aliphatic carbocycles. The number of halogens is 2. The molecule has 0 radical (unpaired) electrons. The number of nitrogens with zero attached hydrogens (tertiary/aromatic N) is 2. The standard InChI is InChI=1S/C25H27Cl2N3O3/c1-4-33-23-7-5-18(6-8-23)24(31)9-10-25(32)29-28-15-19-11-16(2)30(17(19)3)22-13-20(26)12-21(27)14-22/h5-8,11-15,24,31H,4,9-10H2,1-3H3,(H,29,32)/b28-15-/t24-/m0/s1. The average molecular weight is 488 g/mol. The van der Waals surface area contributed by atoms with Crippen molar-refractivity contribution in [3.05, 3.63) is 81.1 Å². The first-order chi connectivity index (χ1) is 15.8. The van der Waals surface area contributed by atoms with Gasteiger partial charge in [0, 0.05) is 39.1 Å². The molecule has 1 heterocycles. The van der Waals surface area contributed by atoms with Crippen molar-refractivity contribution in [2.45, 2.75) is 39.7 Å². The van der Waals surface area contributed by atoms with Crippen molar-refractivity contribution in [3.63, 3.8) is 0 Å². The van der Waals surface area contributed by atoms with E-state index < -0.39 is 6.10 Å². The number of carbonyl (C=O) groups excluding carboxylic acids is 1. The molecule has 0 aliphatic rings. The maximum Gasteiger partial charge on any atom is 0.240 e. The van der Waals surface area contributed by atoms with Crippen LogP contribution in [-0.4, -0.2) is 28.4 Å². The van der Waals surface area contributed by atoms with E-state index in [9.17, 15) is 9.90 Å². The Hall–Kier alpha value is -2.80. The highest BCUT2D eigenvalue weighted by Gasteiger charge is 2.12. The molecule has 3 rings (SSSR count). The minimum absolute atomic E-state index is 0.145. The summed E-state index contributed by atoms with van der Waals surface area (Å²) in [6.45, 7) is 6.43. The van der Waals surface area contributed by atoms with Crippen LogP contribution in [0, 0.1) is 13.8 Å². The van der Waals surface area contributed by atoms with Gasteiger partial charge in [-0.05, 0) is 69.2 Å². The molecule has 0 fully saturated rings. The number of amides is 1. The molecule has 0 saturated heterocycles. The summed E-state index contributed by atoms with van der Waals surface area (Å²) in [5.41, 5.74) is 6.90. The van der Waals surface area contributed by atoms with Crippen LogP contribution in [0.4, 0.5) is 0 Å². The van der Waals surface area contributed by atoms with Crippen LogP contribution in [0.5, 0.6) is 5.75 Å². The van der Waals surface area contributed by atoms with Crippen LogP contribution in [0.25, 0.3) is 5.69 Å². The summed E-state index contributed by atoms with van der Waals surface area (Å²) in [5, 5.41) is 15.5. The Labute approximate surface area is 203 Å². The van der Waals surface area contributed by atoms with E-state index in [0.29, 0.717) is 23.1 Å². The van der Waals surface area contributed by atoms with E-state index in [2.05, 4.69) is 10.5 Å². The van der Waals surface area contributed by atoms with Gasteiger partial charge in [-0.25, -0.2) is 5.43 Å². The predicted molar refractivity (Wildman–Crippen MR) is 133 cm³/mol. The smallest absolute Gasteiger partial charge is 0.240 e. The molecule has 1 atom stereocenters. The Morgan fingerprint density at radius 3 is 2.45 bits per heavy atom. The van der Waals surface area contributed by atoms with Gasteiger partial charge in [-0.1, -0.05) is 35.3 Å². The highest BCUT2D eigenvalue weighted by molar-refractivity contribution is 6.34. The van der Waals surface area contributed by atoms with Crippen molar-refractivity contribution < 1.29 is 14.6 Å². The van der Waals surface area contributed by atoms with Crippen molar-refractivity contribution in [1.82, 2.24) is 9.99 Å². The van der Waals surface area contributed by atoms with Gasteiger partial charge in [0.15, 0.2) is 0 Å². The molecule has 0 aliphatic heterocycles. The zero-order chi connectivity index (χ0) is 24.0.